The minimum Gasteiger partial charge on any atom is -0.441 e. The highest BCUT2D eigenvalue weighted by molar-refractivity contribution is 7.12. The van der Waals surface area contributed by atoms with Gasteiger partial charge in [0.05, 0.1) is 17.2 Å². The normalized spacial score (nSPS) is 17.2. The number of likely N-dealkylation sites (tertiary alicyclic amines) is 1. The number of rotatable bonds is 4. The number of anilines is 1. The number of hydrogen-bond acceptors (Lipinski definition) is 7. The maximum atomic E-state index is 12.5. The second-order valence-corrected chi connectivity index (χ2v) is 9.49. The number of carbonyl (C=O) groups is 1. The van der Waals surface area contributed by atoms with Gasteiger partial charge in [0.25, 0.3) is 0 Å². The summed E-state index contributed by atoms with van der Waals surface area (Å²) in [5.74, 6) is 0. The van der Waals surface area contributed by atoms with Crippen LogP contribution in [-0.2, 0) is 20.9 Å². The molecule has 33 heavy (non-hydrogen) atoms. The monoisotopic (exact) mass is 463 g/mol. The van der Waals surface area contributed by atoms with Crippen molar-refractivity contribution in [3.63, 3.8) is 0 Å². The Morgan fingerprint density at radius 1 is 1.03 bits per heavy atom. The van der Waals surface area contributed by atoms with Crippen molar-refractivity contribution < 1.29 is 19.1 Å². The van der Waals surface area contributed by atoms with Crippen LogP contribution >= 0.6 is 11.3 Å². The average molecular weight is 464 g/mol. The van der Waals surface area contributed by atoms with Crippen LogP contribution in [0.15, 0.2) is 60.7 Å². The van der Waals surface area contributed by atoms with Crippen LogP contribution in [-0.4, -0.2) is 47.4 Å². The summed E-state index contributed by atoms with van der Waals surface area (Å²) >= 11 is 1.78. The summed E-state index contributed by atoms with van der Waals surface area (Å²) < 4.78 is 5.90. The minimum atomic E-state index is -0.366. The number of hydrogen-bond donors (Lipinski definition) is 0. The summed E-state index contributed by atoms with van der Waals surface area (Å²) in [6.07, 6.45) is 1.75. The van der Waals surface area contributed by atoms with Gasteiger partial charge >= 0.3 is 12.2 Å². The van der Waals surface area contributed by atoms with Crippen LogP contribution in [0, 0.1) is 6.92 Å². The first-order chi connectivity index (χ1) is 16.0. The molecule has 3 aromatic rings. The molecule has 3 heterocycles. The highest BCUT2D eigenvalue weighted by Gasteiger charge is 2.47. The smallest absolute Gasteiger partial charge is 0.415 e. The molecule has 0 N–H and O–H groups in total. The van der Waals surface area contributed by atoms with E-state index in [1.165, 1.54) is 10.4 Å². The molecule has 170 valence electrons. The van der Waals surface area contributed by atoms with E-state index >= 15 is 0 Å². The second-order valence-electron chi connectivity index (χ2n) is 8.20. The molecule has 0 unspecified atom stereocenters. The van der Waals surface area contributed by atoms with Crippen molar-refractivity contribution >= 4 is 29.3 Å². The van der Waals surface area contributed by atoms with Crippen molar-refractivity contribution in [2.75, 3.05) is 24.5 Å². The molecule has 1 amide bonds. The number of nitrogens with zero attached hydrogens (tertiary/aromatic N) is 3. The molecule has 5 rings (SSSR count). The van der Waals surface area contributed by atoms with Crippen molar-refractivity contribution in [2.45, 2.75) is 31.9 Å². The molecule has 0 atom stereocenters. The predicted octanol–water partition coefficient (Wildman–Crippen LogP) is 4.53. The van der Waals surface area contributed by atoms with Gasteiger partial charge in [-0.1, -0.05) is 48.5 Å². The average Bonchev–Trinajstić information content (AvgIpc) is 3.36. The van der Waals surface area contributed by atoms with Gasteiger partial charge in [0.1, 0.15) is 5.60 Å². The Morgan fingerprint density at radius 2 is 1.64 bits per heavy atom. The van der Waals surface area contributed by atoms with Crippen LogP contribution in [0.4, 0.5) is 10.5 Å². The highest BCUT2D eigenvalue weighted by atomic mass is 32.1. The molecule has 0 radical (unpaired) electrons. The van der Waals surface area contributed by atoms with E-state index in [1.54, 1.807) is 16.2 Å². The maximum absolute atomic E-state index is 12.5. The van der Waals surface area contributed by atoms with Crippen LogP contribution in [0.3, 0.4) is 0 Å². The lowest BCUT2D eigenvalue weighted by Crippen LogP contribution is -2.46. The number of carbonyl (C=O) groups excluding carboxylic acids is 3. The number of ether oxygens (including phenoxy) is 1. The molecule has 2 aliphatic rings. The van der Waals surface area contributed by atoms with Crippen molar-refractivity contribution in [2.24, 2.45) is 0 Å². The summed E-state index contributed by atoms with van der Waals surface area (Å²) in [4.78, 5) is 39.1. The van der Waals surface area contributed by atoms with Crippen LogP contribution in [0.5, 0.6) is 0 Å². The number of piperidine rings is 1. The van der Waals surface area contributed by atoms with Gasteiger partial charge in [-0.15, -0.1) is 11.3 Å². The van der Waals surface area contributed by atoms with Gasteiger partial charge in [-0.05, 0) is 19.1 Å². The summed E-state index contributed by atoms with van der Waals surface area (Å²) in [5, 5.41) is 1.10. The SMILES string of the molecule is Cc1nc(-c2ccccc2)c(CN2CCC3(CC2)CN(c2ccccc2)C(=O)O3)s1.O=C=O. The Labute approximate surface area is 196 Å². The molecule has 1 aromatic heterocycles. The van der Waals surface area contributed by atoms with Gasteiger partial charge in [0.15, 0.2) is 0 Å². The zero-order valence-corrected chi connectivity index (χ0v) is 19.2. The Kier molecular flexibility index (Phi) is 6.99. The topological polar surface area (TPSA) is 79.8 Å². The van der Waals surface area contributed by atoms with Crippen LogP contribution in [0.1, 0.15) is 22.7 Å². The minimum absolute atomic E-state index is 0.223. The maximum Gasteiger partial charge on any atom is 0.415 e. The number of amides is 1. The molecule has 1 spiro atoms. The van der Waals surface area contributed by atoms with Gasteiger partial charge in [0, 0.05) is 48.6 Å². The molecule has 0 bridgehead atoms. The van der Waals surface area contributed by atoms with E-state index in [9.17, 15) is 4.79 Å². The van der Waals surface area contributed by atoms with Crippen LogP contribution < -0.4 is 4.90 Å². The van der Waals surface area contributed by atoms with Gasteiger partial charge in [-0.25, -0.2) is 9.78 Å². The van der Waals surface area contributed by atoms with Gasteiger partial charge in [-0.2, -0.15) is 9.59 Å². The first kappa shape index (κ1) is 22.9. The number of thiazole rings is 1. The first-order valence-electron chi connectivity index (χ1n) is 10.8. The van der Waals surface area contributed by atoms with Crippen molar-refractivity contribution in [1.82, 2.24) is 9.88 Å². The van der Waals surface area contributed by atoms with E-state index in [2.05, 4.69) is 36.1 Å². The van der Waals surface area contributed by atoms with E-state index in [0.717, 1.165) is 48.9 Å². The Morgan fingerprint density at radius 3 is 2.27 bits per heavy atom. The van der Waals surface area contributed by atoms with Gasteiger partial charge in [0.2, 0.25) is 0 Å². The molecule has 8 heteroatoms. The summed E-state index contributed by atoms with van der Waals surface area (Å²) in [5.41, 5.74) is 2.82. The van der Waals surface area contributed by atoms with Crippen molar-refractivity contribution in [1.29, 1.82) is 0 Å². The van der Waals surface area contributed by atoms with Crippen LogP contribution in [0.25, 0.3) is 11.3 Å². The van der Waals surface area contributed by atoms with E-state index in [0.29, 0.717) is 6.54 Å². The lowest BCUT2D eigenvalue weighted by Gasteiger charge is -2.37. The molecular weight excluding hydrogens is 438 g/mol. The second kappa shape index (κ2) is 10.1. The zero-order valence-electron chi connectivity index (χ0n) is 18.4. The van der Waals surface area contributed by atoms with Crippen molar-refractivity contribution in [3.8, 4) is 11.3 Å². The third-order valence-electron chi connectivity index (χ3n) is 6.02. The van der Waals surface area contributed by atoms with Crippen molar-refractivity contribution in [3.05, 3.63) is 70.5 Å². The third-order valence-corrected chi connectivity index (χ3v) is 6.98. The first-order valence-corrected chi connectivity index (χ1v) is 11.6. The summed E-state index contributed by atoms with van der Waals surface area (Å²) in [6, 6.07) is 20.2. The number of para-hydroxylation sites is 1. The summed E-state index contributed by atoms with van der Waals surface area (Å²) in [6.45, 7) is 5.44. The molecule has 2 saturated heterocycles. The fourth-order valence-electron chi connectivity index (χ4n) is 4.41. The van der Waals surface area contributed by atoms with E-state index in [4.69, 9.17) is 19.3 Å². The largest absolute Gasteiger partial charge is 0.441 e. The number of benzene rings is 2. The molecular formula is C25H25N3O4S. The Balaban J connectivity index is 0.000000821. The van der Waals surface area contributed by atoms with Gasteiger partial charge < -0.3 is 4.74 Å². The molecule has 2 aromatic carbocycles. The Hall–Kier alpha value is -3.32. The molecule has 0 saturated carbocycles. The number of aryl methyl sites for hydroxylation is 1. The van der Waals surface area contributed by atoms with Gasteiger partial charge in [-0.3, -0.25) is 9.80 Å². The lowest BCUT2D eigenvalue weighted by molar-refractivity contribution is -0.191. The lowest BCUT2D eigenvalue weighted by atomic mass is 9.91. The highest BCUT2D eigenvalue weighted by Crippen LogP contribution is 2.37. The van der Waals surface area contributed by atoms with E-state index < -0.39 is 0 Å². The third kappa shape index (κ3) is 5.20. The standard InChI is InChI=1S/C24H25N3O2S.CO2/c1-18-25-22(19-8-4-2-5-9-19)21(30-18)16-26-14-12-24(13-15-26)17-27(23(28)29-24)20-10-6-3-7-11-20;2-1-3/h2-11H,12-17H2,1H3;. The zero-order chi connectivity index (χ0) is 23.3. The molecule has 0 aliphatic carbocycles. The summed E-state index contributed by atoms with van der Waals surface area (Å²) in [7, 11) is 0. The van der Waals surface area contributed by atoms with E-state index in [1.807, 2.05) is 36.4 Å². The number of aromatic nitrogens is 1. The Bertz CT molecular complexity index is 1120. The quantitative estimate of drug-likeness (QED) is 0.566. The molecule has 7 nitrogen and oxygen atoms in total. The fourth-order valence-corrected chi connectivity index (χ4v) is 5.41. The molecule has 2 fully saturated rings. The van der Waals surface area contributed by atoms with E-state index in [-0.39, 0.29) is 17.8 Å². The predicted molar refractivity (Wildman–Crippen MR) is 125 cm³/mol. The fraction of sp³-hybridized carbons (Fsp3) is 0.320. The van der Waals surface area contributed by atoms with Crippen LogP contribution in [0.2, 0.25) is 0 Å². The molecule has 2 aliphatic heterocycles.